The fourth-order valence-electron chi connectivity index (χ4n) is 2.48. The quantitative estimate of drug-likeness (QED) is 0.571. The number of aromatic hydroxyl groups is 1. The summed E-state index contributed by atoms with van der Waals surface area (Å²) in [6.07, 6.45) is 0.905. The summed E-state index contributed by atoms with van der Waals surface area (Å²) in [5, 5.41) is 9.53. The highest BCUT2D eigenvalue weighted by Crippen LogP contribution is 2.30. The molecule has 0 amide bonds. The number of nitrogens with zero attached hydrogens (tertiary/aromatic N) is 2. The average molecular weight is 285 g/mol. The lowest BCUT2D eigenvalue weighted by Crippen LogP contribution is -2.00. The highest BCUT2D eigenvalue weighted by Gasteiger charge is 2.15. The number of anilines is 1. The number of nitrogen functional groups attached to an aromatic ring is 1. The standard InChI is InChI=1S/C16H16FN3O/c1-2-8-20-13-5-3-4-11(17)15(13)19-16(20)10-6-7-14(21)12(18)9-10/h3-7,9,21H,2,8,18H2,1H3. The lowest BCUT2D eigenvalue weighted by Gasteiger charge is -2.09. The van der Waals surface area contributed by atoms with Crippen LogP contribution in [0.15, 0.2) is 36.4 Å². The third-order valence-electron chi connectivity index (χ3n) is 3.46. The molecule has 0 atom stereocenters. The van der Waals surface area contributed by atoms with Crippen molar-refractivity contribution in [3.05, 3.63) is 42.2 Å². The second-order valence-corrected chi connectivity index (χ2v) is 4.97. The molecule has 0 aliphatic heterocycles. The van der Waals surface area contributed by atoms with Gasteiger partial charge in [-0.2, -0.15) is 0 Å². The van der Waals surface area contributed by atoms with Gasteiger partial charge in [0.2, 0.25) is 0 Å². The summed E-state index contributed by atoms with van der Waals surface area (Å²) in [5.74, 6) is 0.349. The van der Waals surface area contributed by atoms with Crippen molar-refractivity contribution in [3.8, 4) is 17.1 Å². The number of hydrogen-bond donors (Lipinski definition) is 2. The number of nitrogens with two attached hydrogens (primary N) is 1. The predicted octanol–water partition coefficient (Wildman–Crippen LogP) is 3.54. The summed E-state index contributed by atoms with van der Waals surface area (Å²) in [7, 11) is 0. The minimum absolute atomic E-state index is 0.0306. The van der Waals surface area contributed by atoms with Crippen molar-refractivity contribution in [1.29, 1.82) is 0 Å². The molecule has 0 radical (unpaired) electrons. The van der Waals surface area contributed by atoms with Crippen LogP contribution in [0.1, 0.15) is 13.3 Å². The Kier molecular flexibility index (Phi) is 3.25. The molecule has 3 aromatic rings. The fourth-order valence-corrected chi connectivity index (χ4v) is 2.48. The Bertz CT molecular complexity index is 811. The van der Waals surface area contributed by atoms with E-state index in [1.54, 1.807) is 18.2 Å². The van der Waals surface area contributed by atoms with E-state index < -0.39 is 0 Å². The number of hydrogen-bond acceptors (Lipinski definition) is 3. The largest absolute Gasteiger partial charge is 0.506 e. The molecule has 1 aromatic heterocycles. The van der Waals surface area contributed by atoms with E-state index in [1.165, 1.54) is 12.1 Å². The molecule has 0 saturated heterocycles. The molecule has 0 aliphatic rings. The van der Waals surface area contributed by atoms with Crippen LogP contribution in [0.2, 0.25) is 0 Å². The van der Waals surface area contributed by atoms with Gasteiger partial charge in [-0.25, -0.2) is 9.37 Å². The molecule has 0 fully saturated rings. The SMILES string of the molecule is CCCn1c(-c2ccc(O)c(N)c2)nc2c(F)cccc21. The molecule has 2 aromatic carbocycles. The Labute approximate surface area is 121 Å². The first-order chi connectivity index (χ1) is 10.1. The van der Waals surface area contributed by atoms with E-state index in [1.807, 2.05) is 10.6 Å². The van der Waals surface area contributed by atoms with Gasteiger partial charge in [0.1, 0.15) is 17.1 Å². The van der Waals surface area contributed by atoms with Crippen molar-refractivity contribution in [2.24, 2.45) is 0 Å². The lowest BCUT2D eigenvalue weighted by molar-refractivity contribution is 0.478. The molecule has 3 N–H and O–H groups in total. The Morgan fingerprint density at radius 2 is 2.10 bits per heavy atom. The van der Waals surface area contributed by atoms with Crippen molar-refractivity contribution in [1.82, 2.24) is 9.55 Å². The number of para-hydroxylation sites is 1. The van der Waals surface area contributed by atoms with Gasteiger partial charge in [-0.3, -0.25) is 0 Å². The van der Waals surface area contributed by atoms with Crippen LogP contribution in [0, 0.1) is 5.82 Å². The van der Waals surface area contributed by atoms with Crippen LogP contribution in [0.4, 0.5) is 10.1 Å². The summed E-state index contributed by atoms with van der Waals surface area (Å²) < 4.78 is 15.9. The van der Waals surface area contributed by atoms with E-state index in [9.17, 15) is 9.50 Å². The van der Waals surface area contributed by atoms with Crippen molar-refractivity contribution in [2.45, 2.75) is 19.9 Å². The molecule has 0 unspecified atom stereocenters. The lowest BCUT2D eigenvalue weighted by atomic mass is 10.1. The first-order valence-corrected chi connectivity index (χ1v) is 6.85. The fraction of sp³-hybridized carbons (Fsp3) is 0.188. The van der Waals surface area contributed by atoms with Crippen molar-refractivity contribution in [3.63, 3.8) is 0 Å². The summed E-state index contributed by atoms with van der Waals surface area (Å²) in [6.45, 7) is 2.79. The van der Waals surface area contributed by atoms with Gasteiger partial charge >= 0.3 is 0 Å². The van der Waals surface area contributed by atoms with Crippen LogP contribution >= 0.6 is 0 Å². The Hall–Kier alpha value is -2.56. The third-order valence-corrected chi connectivity index (χ3v) is 3.46. The molecule has 1 heterocycles. The summed E-state index contributed by atoms with van der Waals surface area (Å²) in [4.78, 5) is 4.42. The molecular weight excluding hydrogens is 269 g/mol. The number of rotatable bonds is 3. The van der Waals surface area contributed by atoms with E-state index >= 15 is 0 Å². The molecule has 21 heavy (non-hydrogen) atoms. The van der Waals surface area contributed by atoms with Crippen molar-refractivity contribution in [2.75, 3.05) is 5.73 Å². The monoisotopic (exact) mass is 285 g/mol. The summed E-state index contributed by atoms with van der Waals surface area (Å²) >= 11 is 0. The number of fused-ring (bicyclic) bond motifs is 1. The molecule has 0 saturated carbocycles. The number of aromatic nitrogens is 2. The van der Waals surface area contributed by atoms with Crippen LogP contribution in [0.5, 0.6) is 5.75 Å². The normalized spacial score (nSPS) is 11.1. The van der Waals surface area contributed by atoms with Gasteiger partial charge in [0.05, 0.1) is 11.2 Å². The minimum atomic E-state index is -0.338. The second kappa shape index (κ2) is 5.09. The second-order valence-electron chi connectivity index (χ2n) is 4.97. The van der Waals surface area contributed by atoms with Crippen molar-refractivity contribution >= 4 is 16.7 Å². The number of halogens is 1. The van der Waals surface area contributed by atoms with Gasteiger partial charge in [-0.15, -0.1) is 0 Å². The molecule has 5 heteroatoms. The van der Waals surface area contributed by atoms with E-state index in [4.69, 9.17) is 5.73 Å². The maximum absolute atomic E-state index is 13.9. The smallest absolute Gasteiger partial charge is 0.151 e. The van der Waals surface area contributed by atoms with Gasteiger partial charge in [-0.1, -0.05) is 13.0 Å². The van der Waals surface area contributed by atoms with Crippen LogP contribution in [-0.2, 0) is 6.54 Å². The van der Waals surface area contributed by atoms with Gasteiger partial charge in [0.25, 0.3) is 0 Å². The van der Waals surface area contributed by atoms with E-state index in [0.717, 1.165) is 24.0 Å². The van der Waals surface area contributed by atoms with Gasteiger partial charge in [0, 0.05) is 12.1 Å². The van der Waals surface area contributed by atoms with E-state index in [-0.39, 0.29) is 17.3 Å². The molecule has 0 bridgehead atoms. The maximum atomic E-state index is 13.9. The summed E-state index contributed by atoms with van der Waals surface area (Å²) in [5.41, 5.74) is 7.90. The highest BCUT2D eigenvalue weighted by atomic mass is 19.1. The number of aryl methyl sites for hydroxylation is 1. The number of phenolic OH excluding ortho intramolecular Hbond substituents is 1. The molecule has 4 nitrogen and oxygen atoms in total. The first kappa shape index (κ1) is 13.4. The number of benzene rings is 2. The number of phenols is 1. The zero-order chi connectivity index (χ0) is 15.0. The first-order valence-electron chi connectivity index (χ1n) is 6.85. The van der Waals surface area contributed by atoms with Gasteiger partial charge in [-0.05, 0) is 36.8 Å². The van der Waals surface area contributed by atoms with E-state index in [2.05, 4.69) is 11.9 Å². The zero-order valence-electron chi connectivity index (χ0n) is 11.7. The maximum Gasteiger partial charge on any atom is 0.151 e. The van der Waals surface area contributed by atoms with Crippen LogP contribution in [-0.4, -0.2) is 14.7 Å². The molecule has 0 spiro atoms. The predicted molar refractivity (Wildman–Crippen MR) is 81.5 cm³/mol. The average Bonchev–Trinajstić information content (AvgIpc) is 2.83. The van der Waals surface area contributed by atoms with Gasteiger partial charge in [0.15, 0.2) is 5.82 Å². The van der Waals surface area contributed by atoms with E-state index in [0.29, 0.717) is 11.3 Å². The number of imidazole rings is 1. The van der Waals surface area contributed by atoms with Crippen molar-refractivity contribution < 1.29 is 9.50 Å². The Morgan fingerprint density at radius 1 is 1.29 bits per heavy atom. The van der Waals surface area contributed by atoms with Crippen LogP contribution in [0.3, 0.4) is 0 Å². The van der Waals surface area contributed by atoms with Crippen LogP contribution < -0.4 is 5.73 Å². The minimum Gasteiger partial charge on any atom is -0.506 e. The molecular formula is C16H16FN3O. The molecule has 3 rings (SSSR count). The van der Waals surface area contributed by atoms with Crippen LogP contribution in [0.25, 0.3) is 22.4 Å². The molecule has 0 aliphatic carbocycles. The Balaban J connectivity index is 2.27. The van der Waals surface area contributed by atoms with Gasteiger partial charge < -0.3 is 15.4 Å². The topological polar surface area (TPSA) is 64.1 Å². The Morgan fingerprint density at radius 3 is 2.81 bits per heavy atom. The highest BCUT2D eigenvalue weighted by molar-refractivity contribution is 5.82. The summed E-state index contributed by atoms with van der Waals surface area (Å²) in [6, 6.07) is 9.85. The zero-order valence-corrected chi connectivity index (χ0v) is 11.7. The molecule has 108 valence electrons. The third kappa shape index (κ3) is 2.20.